The number of carbonyl (C=O) groups excluding carboxylic acids is 2. The maximum atomic E-state index is 14.4. The van der Waals surface area contributed by atoms with Crippen molar-refractivity contribution in [3.8, 4) is 0 Å². The molecule has 2 amide bonds. The lowest BCUT2D eigenvalue weighted by Crippen LogP contribution is -2.57. The number of hydrogen-bond acceptors (Lipinski definition) is 4. The monoisotopic (exact) mass is 470 g/mol. The number of halogens is 2. The summed E-state index contributed by atoms with van der Waals surface area (Å²) in [6, 6.07) is 6.26. The van der Waals surface area contributed by atoms with Gasteiger partial charge in [0.25, 0.3) is 5.91 Å². The van der Waals surface area contributed by atoms with Gasteiger partial charge in [0, 0.05) is 55.7 Å². The van der Waals surface area contributed by atoms with Crippen molar-refractivity contribution in [3.63, 3.8) is 0 Å². The van der Waals surface area contributed by atoms with Gasteiger partial charge in [0.15, 0.2) is 0 Å². The Morgan fingerprint density at radius 3 is 2.56 bits per heavy atom. The number of rotatable bonds is 5. The lowest BCUT2D eigenvalue weighted by molar-refractivity contribution is -0.148. The molecule has 0 radical (unpaired) electrons. The van der Waals surface area contributed by atoms with Crippen molar-refractivity contribution in [3.05, 3.63) is 58.7 Å². The first kappa shape index (κ1) is 24.3. The van der Waals surface area contributed by atoms with Gasteiger partial charge in [0.05, 0.1) is 5.56 Å². The number of amides is 2. The highest BCUT2D eigenvalue weighted by Crippen LogP contribution is 2.42. The van der Waals surface area contributed by atoms with E-state index >= 15 is 0 Å². The van der Waals surface area contributed by atoms with E-state index in [0.29, 0.717) is 50.3 Å². The predicted molar refractivity (Wildman–Crippen MR) is 127 cm³/mol. The summed E-state index contributed by atoms with van der Waals surface area (Å²) >= 11 is 0. The zero-order valence-electron chi connectivity index (χ0n) is 20.2. The van der Waals surface area contributed by atoms with Crippen molar-refractivity contribution >= 4 is 17.5 Å². The first-order chi connectivity index (χ1) is 16.0. The van der Waals surface area contributed by atoms with Gasteiger partial charge in [0.2, 0.25) is 5.91 Å². The van der Waals surface area contributed by atoms with E-state index in [2.05, 4.69) is 15.2 Å². The second-order valence-electron chi connectivity index (χ2n) is 10.0. The molecule has 34 heavy (non-hydrogen) atoms. The Balaban J connectivity index is 1.40. The normalized spacial score (nSPS) is 25.1. The second-order valence-corrected chi connectivity index (χ2v) is 10.0. The van der Waals surface area contributed by atoms with Crippen molar-refractivity contribution in [2.24, 2.45) is 5.92 Å². The van der Waals surface area contributed by atoms with E-state index in [-0.39, 0.29) is 23.8 Å². The molecule has 8 heteroatoms. The van der Waals surface area contributed by atoms with E-state index in [1.807, 2.05) is 25.7 Å². The molecule has 2 aliphatic rings. The largest absolute Gasteiger partial charge is 0.337 e. The molecule has 0 bridgehead atoms. The molecule has 1 aromatic heterocycles. The Hall–Kier alpha value is -2.87. The summed E-state index contributed by atoms with van der Waals surface area (Å²) in [5.41, 5.74) is 2.02. The van der Waals surface area contributed by atoms with E-state index in [4.69, 9.17) is 0 Å². The number of aromatic nitrogens is 1. The van der Waals surface area contributed by atoms with E-state index in [1.165, 1.54) is 18.3 Å². The molecule has 1 unspecified atom stereocenters. The van der Waals surface area contributed by atoms with Crippen LogP contribution in [0.5, 0.6) is 0 Å². The van der Waals surface area contributed by atoms with Crippen LogP contribution in [0.4, 0.5) is 14.5 Å². The van der Waals surface area contributed by atoms with Crippen molar-refractivity contribution in [2.45, 2.75) is 58.8 Å². The highest BCUT2D eigenvalue weighted by molar-refractivity contribution is 6.04. The smallest absolute Gasteiger partial charge is 0.257 e. The average molecular weight is 471 g/mol. The molecule has 1 aromatic carbocycles. The molecular weight excluding hydrogens is 438 g/mol. The first-order valence-corrected chi connectivity index (χ1v) is 11.8. The fourth-order valence-corrected chi connectivity index (χ4v) is 4.95. The lowest BCUT2D eigenvalue weighted by atomic mass is 9.72. The second kappa shape index (κ2) is 9.41. The molecule has 1 aliphatic heterocycles. The molecule has 1 N–H and O–H groups in total. The molecule has 1 saturated heterocycles. The predicted octanol–water partition coefficient (Wildman–Crippen LogP) is 4.26. The van der Waals surface area contributed by atoms with Crippen LogP contribution in [-0.2, 0) is 11.3 Å². The summed E-state index contributed by atoms with van der Waals surface area (Å²) in [6.45, 7) is 9.64. The number of aryl methyl sites for hydroxylation is 1. The van der Waals surface area contributed by atoms with E-state index in [1.54, 1.807) is 19.1 Å². The minimum Gasteiger partial charge on any atom is -0.337 e. The van der Waals surface area contributed by atoms with Crippen LogP contribution < -0.4 is 5.32 Å². The van der Waals surface area contributed by atoms with E-state index in [0.717, 1.165) is 16.8 Å². The van der Waals surface area contributed by atoms with Gasteiger partial charge in [-0.2, -0.15) is 0 Å². The number of anilines is 1. The number of benzene rings is 1. The Morgan fingerprint density at radius 2 is 1.94 bits per heavy atom. The molecule has 0 spiro atoms. The molecule has 1 atom stereocenters. The Bertz CT molecular complexity index is 1080. The Kier molecular flexibility index (Phi) is 6.71. The summed E-state index contributed by atoms with van der Waals surface area (Å²) in [5.74, 6) is -0.934. The van der Waals surface area contributed by atoms with Crippen LogP contribution in [0.3, 0.4) is 0 Å². The van der Waals surface area contributed by atoms with Crippen molar-refractivity contribution in [1.29, 1.82) is 0 Å². The highest BCUT2D eigenvalue weighted by Gasteiger charge is 2.46. The third kappa shape index (κ3) is 5.27. The Labute approximate surface area is 199 Å². The van der Waals surface area contributed by atoms with Gasteiger partial charge >= 0.3 is 0 Å². The highest BCUT2D eigenvalue weighted by atomic mass is 19.1. The number of pyridine rings is 1. The standard InChI is InChI=1S/C26H32F2N4O2/c1-16-5-6-19(13-29-16)24(33)30-23-10-22(27)9-20(18(23)3)15-31-7-8-32(17(2)14-31)25(34)21-11-26(4,28)12-21/h5-6,9-10,13,17,21H,7-8,11-12,14-15H2,1-4H3,(H,30,33). The fourth-order valence-electron chi connectivity index (χ4n) is 4.95. The molecule has 4 rings (SSSR count). The van der Waals surface area contributed by atoms with Crippen molar-refractivity contribution in [1.82, 2.24) is 14.8 Å². The van der Waals surface area contributed by atoms with Gasteiger partial charge in [-0.3, -0.25) is 19.5 Å². The molecule has 2 fully saturated rings. The summed E-state index contributed by atoms with van der Waals surface area (Å²) in [4.78, 5) is 33.6. The number of hydrogen-bond donors (Lipinski definition) is 1. The van der Waals surface area contributed by atoms with Crippen molar-refractivity contribution in [2.75, 3.05) is 25.0 Å². The van der Waals surface area contributed by atoms with Gasteiger partial charge < -0.3 is 10.2 Å². The summed E-state index contributed by atoms with van der Waals surface area (Å²) in [5, 5.41) is 2.81. The van der Waals surface area contributed by atoms with Gasteiger partial charge in [-0.15, -0.1) is 0 Å². The third-order valence-electron chi connectivity index (χ3n) is 6.98. The van der Waals surface area contributed by atoms with E-state index < -0.39 is 11.5 Å². The lowest BCUT2D eigenvalue weighted by Gasteiger charge is -2.45. The van der Waals surface area contributed by atoms with Gasteiger partial charge in [-0.25, -0.2) is 8.78 Å². The summed E-state index contributed by atoms with van der Waals surface area (Å²) in [7, 11) is 0. The third-order valence-corrected chi connectivity index (χ3v) is 6.98. The number of carbonyl (C=O) groups is 2. The Morgan fingerprint density at radius 1 is 1.21 bits per heavy atom. The molecule has 2 heterocycles. The average Bonchev–Trinajstić information content (AvgIpc) is 2.75. The van der Waals surface area contributed by atoms with Crippen LogP contribution in [0.25, 0.3) is 0 Å². The minimum absolute atomic E-state index is 0.00482. The molecule has 1 saturated carbocycles. The quantitative estimate of drug-likeness (QED) is 0.709. The zero-order chi connectivity index (χ0) is 24.6. The fraction of sp³-hybridized carbons (Fsp3) is 0.500. The summed E-state index contributed by atoms with van der Waals surface area (Å²) in [6.07, 6.45) is 2.10. The van der Waals surface area contributed by atoms with Gasteiger partial charge in [-0.1, -0.05) is 0 Å². The molecule has 1 aliphatic carbocycles. The van der Waals surface area contributed by atoms with Crippen LogP contribution in [0, 0.1) is 25.6 Å². The molecular formula is C26H32F2N4O2. The molecule has 2 aromatic rings. The first-order valence-electron chi connectivity index (χ1n) is 11.8. The van der Waals surface area contributed by atoms with Crippen molar-refractivity contribution < 1.29 is 18.4 Å². The van der Waals surface area contributed by atoms with Crippen LogP contribution in [0.15, 0.2) is 30.5 Å². The van der Waals surface area contributed by atoms with Crippen LogP contribution in [0.2, 0.25) is 0 Å². The number of piperazine rings is 1. The number of alkyl halides is 1. The van der Waals surface area contributed by atoms with Crippen LogP contribution in [0.1, 0.15) is 53.9 Å². The summed E-state index contributed by atoms with van der Waals surface area (Å²) < 4.78 is 28.3. The van der Waals surface area contributed by atoms with Crippen LogP contribution in [-0.4, -0.2) is 57.9 Å². The van der Waals surface area contributed by atoms with E-state index in [9.17, 15) is 18.4 Å². The van der Waals surface area contributed by atoms with Gasteiger partial charge in [0.1, 0.15) is 11.5 Å². The maximum absolute atomic E-state index is 14.4. The molecule has 182 valence electrons. The SMILES string of the molecule is Cc1ccc(C(=O)Nc2cc(F)cc(CN3CCN(C(=O)C4CC(C)(F)C4)C(C)C3)c2C)cn1. The zero-order valence-corrected chi connectivity index (χ0v) is 20.2. The molecule has 6 nitrogen and oxygen atoms in total. The number of nitrogens with zero attached hydrogens (tertiary/aromatic N) is 3. The topological polar surface area (TPSA) is 65.5 Å². The minimum atomic E-state index is -1.22. The van der Waals surface area contributed by atoms with Crippen LogP contribution >= 0.6 is 0 Å². The maximum Gasteiger partial charge on any atom is 0.257 e. The number of nitrogens with one attached hydrogen (secondary N) is 1. The van der Waals surface area contributed by atoms with Gasteiger partial charge in [-0.05, 0) is 75.9 Å².